The van der Waals surface area contributed by atoms with Gasteiger partial charge in [0, 0.05) is 48.6 Å². The van der Waals surface area contributed by atoms with Crippen LogP contribution in [0.5, 0.6) is 0 Å². The van der Waals surface area contributed by atoms with Crippen molar-refractivity contribution in [2.45, 2.75) is 45.1 Å². The number of nitrogens with zero attached hydrogens (tertiary/aromatic N) is 5. The van der Waals surface area contributed by atoms with Crippen LogP contribution in [0, 0.1) is 11.3 Å². The summed E-state index contributed by atoms with van der Waals surface area (Å²) < 4.78 is 0. The second kappa shape index (κ2) is 10.5. The number of hydrogen-bond donors (Lipinski definition) is 0. The van der Waals surface area contributed by atoms with Crippen LogP contribution in [0.15, 0.2) is 91.4 Å². The number of benzene rings is 1. The highest BCUT2D eigenvalue weighted by atomic mass is 16.2. The maximum absolute atomic E-state index is 12.6. The Kier molecular flexibility index (Phi) is 7.21. The molecule has 1 amide bonds. The molecular weight excluding hydrogens is 446 g/mol. The lowest BCUT2D eigenvalue weighted by molar-refractivity contribution is -0.117. The van der Waals surface area contributed by atoms with Crippen LogP contribution in [0.2, 0.25) is 0 Å². The molecular formula is C30H29N5O. The molecule has 0 spiro atoms. The van der Waals surface area contributed by atoms with Gasteiger partial charge in [-0.25, -0.2) is 4.98 Å². The number of rotatable bonds is 6. The minimum absolute atomic E-state index is 0.0759. The minimum Gasteiger partial charge on any atom is -0.292 e. The van der Waals surface area contributed by atoms with Crippen LogP contribution < -0.4 is 4.90 Å². The Bertz CT molecular complexity index is 1370. The largest absolute Gasteiger partial charge is 0.292 e. The third-order valence-electron chi connectivity index (χ3n) is 6.05. The van der Waals surface area contributed by atoms with Crippen molar-refractivity contribution in [3.63, 3.8) is 0 Å². The smallest absolute Gasteiger partial charge is 0.225 e. The molecule has 0 aliphatic rings. The van der Waals surface area contributed by atoms with Crippen molar-refractivity contribution in [3.8, 4) is 6.07 Å². The summed E-state index contributed by atoms with van der Waals surface area (Å²) in [5, 5.41) is 9.59. The molecule has 6 nitrogen and oxygen atoms in total. The molecule has 4 aromatic rings. The van der Waals surface area contributed by atoms with Crippen molar-refractivity contribution < 1.29 is 4.79 Å². The lowest BCUT2D eigenvalue weighted by Gasteiger charge is -2.35. The zero-order valence-corrected chi connectivity index (χ0v) is 21.0. The summed E-state index contributed by atoms with van der Waals surface area (Å²) in [4.78, 5) is 28.5. The molecule has 2 unspecified atom stereocenters. The van der Waals surface area contributed by atoms with Gasteiger partial charge in [-0.3, -0.25) is 19.7 Å². The Morgan fingerprint density at radius 2 is 1.61 bits per heavy atom. The lowest BCUT2D eigenvalue weighted by Crippen LogP contribution is -2.45. The van der Waals surface area contributed by atoms with E-state index in [1.54, 1.807) is 30.3 Å². The Labute approximate surface area is 212 Å². The Hall–Kier alpha value is -4.37. The van der Waals surface area contributed by atoms with Crippen molar-refractivity contribution in [1.29, 1.82) is 5.26 Å². The van der Waals surface area contributed by atoms with E-state index < -0.39 is 5.54 Å². The first-order chi connectivity index (χ1) is 17.3. The van der Waals surface area contributed by atoms with E-state index in [2.05, 4.69) is 11.1 Å². The second-order valence-electron chi connectivity index (χ2n) is 9.68. The molecule has 0 aliphatic heterocycles. The monoisotopic (exact) mass is 475 g/mol. The predicted octanol–water partition coefficient (Wildman–Crippen LogP) is 5.86. The topological polar surface area (TPSA) is 82.8 Å². The maximum Gasteiger partial charge on any atom is 0.225 e. The van der Waals surface area contributed by atoms with E-state index in [0.717, 1.165) is 22.5 Å². The standard InChI is InChI=1S/C30H29N5O/c1-21(36)35(30(2,3)4)27-15-8-14-26(34-27)29(24-12-9-16-32-20-24)28(25-13-5-6-17-33-25)23-11-7-10-22(18-23)19-31/h5-18,20,28-29H,1-4H3. The molecule has 36 heavy (non-hydrogen) atoms. The molecule has 4 rings (SSSR count). The van der Waals surface area contributed by atoms with E-state index >= 15 is 0 Å². The van der Waals surface area contributed by atoms with Crippen molar-refractivity contribution in [2.24, 2.45) is 0 Å². The number of hydrogen-bond acceptors (Lipinski definition) is 5. The third-order valence-corrected chi connectivity index (χ3v) is 6.05. The number of amides is 1. The van der Waals surface area contributed by atoms with E-state index in [-0.39, 0.29) is 17.7 Å². The number of carbonyl (C=O) groups is 1. The first-order valence-corrected chi connectivity index (χ1v) is 11.9. The van der Waals surface area contributed by atoms with E-state index in [4.69, 9.17) is 9.97 Å². The molecule has 3 aromatic heterocycles. The van der Waals surface area contributed by atoms with Gasteiger partial charge >= 0.3 is 0 Å². The first-order valence-electron chi connectivity index (χ1n) is 11.9. The summed E-state index contributed by atoms with van der Waals surface area (Å²) in [5.41, 5.74) is 3.69. The highest BCUT2D eigenvalue weighted by molar-refractivity contribution is 5.91. The molecule has 3 heterocycles. The number of nitriles is 1. The molecule has 0 saturated carbocycles. The third kappa shape index (κ3) is 5.31. The Morgan fingerprint density at radius 1 is 0.889 bits per heavy atom. The number of pyridine rings is 3. The van der Waals surface area contributed by atoms with Gasteiger partial charge in [0.2, 0.25) is 5.91 Å². The number of anilines is 1. The molecule has 2 atom stereocenters. The molecule has 6 heteroatoms. The lowest BCUT2D eigenvalue weighted by atomic mass is 9.77. The van der Waals surface area contributed by atoms with Gasteiger partial charge in [0.1, 0.15) is 5.82 Å². The van der Waals surface area contributed by atoms with Crippen LogP contribution in [0.1, 0.15) is 67.6 Å². The summed E-state index contributed by atoms with van der Waals surface area (Å²) in [5.74, 6) is 0.00291. The van der Waals surface area contributed by atoms with Crippen molar-refractivity contribution in [3.05, 3.63) is 119 Å². The molecule has 0 saturated heterocycles. The van der Waals surface area contributed by atoms with Crippen molar-refractivity contribution >= 4 is 11.7 Å². The Balaban J connectivity index is 1.97. The second-order valence-corrected chi connectivity index (χ2v) is 9.68. The Morgan fingerprint density at radius 3 is 2.25 bits per heavy atom. The van der Waals surface area contributed by atoms with Gasteiger partial charge in [0.25, 0.3) is 0 Å². The van der Waals surface area contributed by atoms with Gasteiger partial charge in [-0.15, -0.1) is 0 Å². The summed E-state index contributed by atoms with van der Waals surface area (Å²) in [7, 11) is 0. The van der Waals surface area contributed by atoms with Gasteiger partial charge < -0.3 is 0 Å². The fourth-order valence-corrected chi connectivity index (χ4v) is 4.70. The molecule has 0 radical (unpaired) electrons. The number of aromatic nitrogens is 3. The summed E-state index contributed by atoms with van der Waals surface area (Å²) in [6.45, 7) is 7.53. The van der Waals surface area contributed by atoms with Gasteiger partial charge in [-0.2, -0.15) is 5.26 Å². The molecule has 0 aliphatic carbocycles. The molecule has 0 N–H and O–H groups in total. The summed E-state index contributed by atoms with van der Waals surface area (Å²) >= 11 is 0. The van der Waals surface area contributed by atoms with E-state index in [1.165, 1.54) is 0 Å². The first kappa shape index (κ1) is 24.7. The SMILES string of the molecule is CC(=O)N(c1cccc(C(c2cccnc2)C(c2cccc(C#N)c2)c2ccccn2)n1)C(C)(C)C. The number of carbonyl (C=O) groups excluding carboxylic acids is 1. The van der Waals surface area contributed by atoms with Crippen LogP contribution >= 0.6 is 0 Å². The van der Waals surface area contributed by atoms with Crippen LogP contribution in [0.4, 0.5) is 5.82 Å². The average molecular weight is 476 g/mol. The molecule has 0 bridgehead atoms. The van der Waals surface area contributed by atoms with Gasteiger partial charge in [0.15, 0.2) is 0 Å². The van der Waals surface area contributed by atoms with E-state index in [0.29, 0.717) is 11.4 Å². The summed E-state index contributed by atoms with van der Waals surface area (Å²) in [6, 6.07) is 25.4. The van der Waals surface area contributed by atoms with Gasteiger partial charge in [-0.05, 0) is 74.4 Å². The minimum atomic E-state index is -0.442. The molecule has 0 fully saturated rings. The zero-order chi connectivity index (χ0) is 25.7. The summed E-state index contributed by atoms with van der Waals surface area (Å²) in [6.07, 6.45) is 5.36. The van der Waals surface area contributed by atoms with Crippen LogP contribution in [-0.2, 0) is 4.79 Å². The predicted molar refractivity (Wildman–Crippen MR) is 140 cm³/mol. The van der Waals surface area contributed by atoms with E-state index in [1.807, 2.05) is 93.7 Å². The quantitative estimate of drug-likeness (QED) is 0.349. The van der Waals surface area contributed by atoms with Crippen LogP contribution in [-0.4, -0.2) is 26.4 Å². The molecule has 180 valence electrons. The fraction of sp³-hybridized carbons (Fsp3) is 0.233. The van der Waals surface area contributed by atoms with Crippen molar-refractivity contribution in [2.75, 3.05) is 4.90 Å². The highest BCUT2D eigenvalue weighted by Gasteiger charge is 2.32. The van der Waals surface area contributed by atoms with Crippen molar-refractivity contribution in [1.82, 2.24) is 15.0 Å². The fourth-order valence-electron chi connectivity index (χ4n) is 4.70. The zero-order valence-electron chi connectivity index (χ0n) is 21.0. The normalized spacial score (nSPS) is 12.9. The molecule has 1 aromatic carbocycles. The van der Waals surface area contributed by atoms with Crippen LogP contribution in [0.3, 0.4) is 0 Å². The van der Waals surface area contributed by atoms with Gasteiger partial charge in [0.05, 0.1) is 17.3 Å². The van der Waals surface area contributed by atoms with Gasteiger partial charge in [-0.1, -0.05) is 30.3 Å². The maximum atomic E-state index is 12.6. The van der Waals surface area contributed by atoms with Crippen LogP contribution in [0.25, 0.3) is 0 Å². The van der Waals surface area contributed by atoms with E-state index in [9.17, 15) is 10.1 Å². The average Bonchev–Trinajstić information content (AvgIpc) is 2.87. The highest BCUT2D eigenvalue weighted by Crippen LogP contribution is 2.42.